The number of β-amino-alcohol motifs (C(OH)–C–C–N with tert-alkyl or cyclic N) is 1. The zero-order chi connectivity index (χ0) is 50.9. The van der Waals surface area contributed by atoms with E-state index in [0.717, 1.165) is 44.3 Å². The summed E-state index contributed by atoms with van der Waals surface area (Å²) < 4.78 is 53.9. The number of amides is 3. The first kappa shape index (κ1) is 50.7. The highest BCUT2D eigenvalue weighted by Gasteiger charge is 2.51. The fraction of sp³-hybridized carbons (Fsp3) is 0.377. The van der Waals surface area contributed by atoms with Gasteiger partial charge in [0.25, 0.3) is 11.8 Å². The summed E-state index contributed by atoms with van der Waals surface area (Å²) >= 11 is 7.19. The molecule has 13 nitrogen and oxygen atoms in total. The minimum atomic E-state index is -4.80. The van der Waals surface area contributed by atoms with Crippen LogP contribution in [0.2, 0.25) is 0 Å². The molecule has 4 aromatic carbocycles. The molecule has 3 aliphatic heterocycles. The number of anilines is 2. The van der Waals surface area contributed by atoms with E-state index in [1.807, 2.05) is 51.1 Å². The van der Waals surface area contributed by atoms with E-state index >= 15 is 0 Å². The van der Waals surface area contributed by atoms with Crippen LogP contribution in [0.5, 0.6) is 11.5 Å². The SMILES string of the molecule is [C-]#[N+]c1ccc(N2C(=O)C(C)(C)N(c3ccc(OCCCCOc4cc(-c5scnc5C)ccc4CCC(=O)[C@@H]4C[C@@H](O)CN4C(=O)[C@H](C(C)C)N4Cc5ccccc5C4=O)cc3)C2=S)cc1C(F)(F)F. The number of aliphatic hydroxyl groups is 1. The first-order valence-electron chi connectivity index (χ1n) is 23.4. The summed E-state index contributed by atoms with van der Waals surface area (Å²) in [4.78, 5) is 69.6. The number of hydrogen-bond acceptors (Lipinski definition) is 10. The van der Waals surface area contributed by atoms with E-state index in [9.17, 15) is 37.5 Å². The largest absolute Gasteiger partial charge is 0.494 e. The van der Waals surface area contributed by atoms with Gasteiger partial charge in [0.2, 0.25) is 5.91 Å². The molecule has 0 unspecified atom stereocenters. The Bertz CT molecular complexity index is 2920. The highest BCUT2D eigenvalue weighted by molar-refractivity contribution is 7.81. The lowest BCUT2D eigenvalue weighted by molar-refractivity contribution is -0.142. The molecular formula is C53H53F3N6O7S2. The Hall–Kier alpha value is -6.68. The van der Waals surface area contributed by atoms with Crippen LogP contribution in [0.4, 0.5) is 30.2 Å². The van der Waals surface area contributed by atoms with Gasteiger partial charge in [0.05, 0.1) is 53.6 Å². The number of unbranched alkanes of at least 4 members (excludes halogenated alkanes) is 1. The number of nitrogens with zero attached hydrogens (tertiary/aromatic N) is 6. The van der Waals surface area contributed by atoms with Gasteiger partial charge in [0, 0.05) is 42.9 Å². The molecule has 0 spiro atoms. The van der Waals surface area contributed by atoms with Gasteiger partial charge in [-0.25, -0.2) is 9.83 Å². The summed E-state index contributed by atoms with van der Waals surface area (Å²) in [7, 11) is 0. The maximum atomic E-state index is 14.3. The molecule has 4 heterocycles. The first-order valence-corrected chi connectivity index (χ1v) is 24.7. The smallest absolute Gasteiger partial charge is 0.407 e. The molecule has 2 fully saturated rings. The Kier molecular flexibility index (Phi) is 14.7. The second-order valence-electron chi connectivity index (χ2n) is 18.8. The number of likely N-dealkylation sites (tertiary alicyclic amines) is 1. The van der Waals surface area contributed by atoms with Crippen molar-refractivity contribution in [2.75, 3.05) is 29.6 Å². The van der Waals surface area contributed by atoms with Crippen molar-refractivity contribution in [3.63, 3.8) is 0 Å². The third-order valence-electron chi connectivity index (χ3n) is 13.2. The quantitative estimate of drug-likeness (QED) is 0.0545. The van der Waals surface area contributed by atoms with Crippen LogP contribution in [-0.2, 0) is 33.5 Å². The van der Waals surface area contributed by atoms with Crippen LogP contribution in [0, 0.1) is 19.4 Å². The maximum Gasteiger partial charge on any atom is 0.407 e. The van der Waals surface area contributed by atoms with E-state index < -0.39 is 47.1 Å². The summed E-state index contributed by atoms with van der Waals surface area (Å²) in [5.41, 5.74) is 3.30. The highest BCUT2D eigenvalue weighted by atomic mass is 32.1. The van der Waals surface area contributed by atoms with E-state index in [1.54, 1.807) is 65.6 Å². The number of aliphatic hydroxyl groups excluding tert-OH is 1. The second kappa shape index (κ2) is 20.6. The summed E-state index contributed by atoms with van der Waals surface area (Å²) in [5, 5.41) is 10.8. The molecule has 2 saturated heterocycles. The normalized spacial score (nSPS) is 18.1. The van der Waals surface area contributed by atoms with E-state index in [0.29, 0.717) is 61.8 Å². The van der Waals surface area contributed by atoms with Crippen LogP contribution in [0.1, 0.15) is 86.1 Å². The third kappa shape index (κ3) is 10.3. The summed E-state index contributed by atoms with van der Waals surface area (Å²) in [6, 6.07) is 21.5. The molecule has 0 saturated carbocycles. The number of alkyl halides is 3. The second-order valence-corrected chi connectivity index (χ2v) is 20.0. The number of carbonyl (C=O) groups is 4. The predicted molar refractivity (Wildman–Crippen MR) is 268 cm³/mol. The molecule has 0 radical (unpaired) electrons. The topological polar surface area (TPSA) is 137 Å². The predicted octanol–water partition coefficient (Wildman–Crippen LogP) is 9.99. The minimum absolute atomic E-state index is 0.00786. The summed E-state index contributed by atoms with van der Waals surface area (Å²) in [5.74, 6) is -0.334. The number of thiocarbonyl (C=S) groups is 1. The summed E-state index contributed by atoms with van der Waals surface area (Å²) in [6.07, 6.45) is -3.88. The first-order chi connectivity index (χ1) is 33.8. The van der Waals surface area contributed by atoms with Crippen LogP contribution in [0.15, 0.2) is 90.4 Å². The molecule has 3 atom stereocenters. The van der Waals surface area contributed by atoms with Crippen molar-refractivity contribution in [2.24, 2.45) is 5.92 Å². The van der Waals surface area contributed by atoms with Crippen molar-refractivity contribution < 1.29 is 46.9 Å². The Morgan fingerprint density at radius 1 is 0.986 bits per heavy atom. The van der Waals surface area contributed by atoms with Gasteiger partial charge in [0.1, 0.15) is 23.1 Å². The van der Waals surface area contributed by atoms with Crippen LogP contribution in [0.25, 0.3) is 15.3 Å². The van der Waals surface area contributed by atoms with E-state index in [4.69, 9.17) is 28.3 Å². The molecule has 71 heavy (non-hydrogen) atoms. The Balaban J connectivity index is 0.877. The van der Waals surface area contributed by atoms with Crippen LogP contribution >= 0.6 is 23.6 Å². The van der Waals surface area contributed by atoms with Gasteiger partial charge in [0.15, 0.2) is 16.6 Å². The fourth-order valence-corrected chi connectivity index (χ4v) is 10.9. The number of aryl methyl sites for hydroxylation is 2. The zero-order valence-electron chi connectivity index (χ0n) is 39.9. The van der Waals surface area contributed by atoms with Gasteiger partial charge in [-0.3, -0.25) is 24.1 Å². The highest BCUT2D eigenvalue weighted by Crippen LogP contribution is 2.42. The van der Waals surface area contributed by atoms with Crippen LogP contribution in [-0.4, -0.2) is 92.0 Å². The van der Waals surface area contributed by atoms with Crippen molar-refractivity contribution in [3.8, 4) is 21.9 Å². The maximum absolute atomic E-state index is 14.3. The third-order valence-corrected chi connectivity index (χ3v) is 14.6. The number of halogens is 3. The van der Waals surface area contributed by atoms with Gasteiger partial charge < -0.3 is 29.3 Å². The summed E-state index contributed by atoms with van der Waals surface area (Å²) in [6.45, 7) is 17.1. The average Bonchev–Trinajstić information content (AvgIpc) is 4.08. The number of fused-ring (bicyclic) bond motifs is 1. The monoisotopic (exact) mass is 1010 g/mol. The molecular weight excluding hydrogens is 954 g/mol. The number of ketones is 1. The molecule has 1 N–H and O–H groups in total. The molecule has 0 aliphatic carbocycles. The lowest BCUT2D eigenvalue weighted by atomic mass is 9.97. The van der Waals surface area contributed by atoms with Gasteiger partial charge in [-0.2, -0.15) is 13.2 Å². The Morgan fingerprint density at radius 3 is 2.35 bits per heavy atom. The molecule has 3 aliphatic rings. The molecule has 370 valence electrons. The van der Waals surface area contributed by atoms with Crippen molar-refractivity contribution in [2.45, 2.75) is 103 Å². The lowest BCUT2D eigenvalue weighted by Crippen LogP contribution is -2.54. The van der Waals surface area contributed by atoms with Crippen molar-refractivity contribution in [1.82, 2.24) is 14.8 Å². The molecule has 18 heteroatoms. The number of hydrogen-bond donors (Lipinski definition) is 1. The number of carbonyl (C=O) groups excluding carboxylic acids is 4. The zero-order valence-corrected chi connectivity index (χ0v) is 41.5. The average molecular weight is 1010 g/mol. The van der Waals surface area contributed by atoms with E-state index in [1.165, 1.54) is 22.3 Å². The number of thiazole rings is 1. The Morgan fingerprint density at radius 2 is 1.69 bits per heavy atom. The molecule has 5 aromatic rings. The van der Waals surface area contributed by atoms with Gasteiger partial charge >= 0.3 is 6.18 Å². The Labute approximate surface area is 419 Å². The van der Waals surface area contributed by atoms with Gasteiger partial charge in [-0.15, -0.1) is 11.3 Å². The van der Waals surface area contributed by atoms with Crippen molar-refractivity contribution in [3.05, 3.63) is 130 Å². The molecule has 0 bridgehead atoms. The standard InChI is InChI=1S/C53H53F3N6O7S2/c1-31(2)46(60-28-35-11-7-8-12-40(35)48(60)65)49(66)59-29-38(63)27-43(59)44(64)22-15-33-13-14-34(47-32(3)58-30-71-47)25-45(33)69-24-10-9-23-68-39-19-16-36(17-20-39)62-51(70)61(50(67)52(62,4)5)37-18-21-42(57-6)41(26-37)53(54,55)56/h7-8,11-14,16-21,25-26,30-31,38,43,46,63H,9-10,15,22-24,27-29H2,1-5H3/t38-,43+,46+/m1/s1. The number of rotatable bonds is 17. The number of aromatic nitrogens is 1. The molecule has 3 amide bonds. The number of Topliss-reactive ketones (excluding diaryl/α,β-unsaturated/α-hetero) is 1. The van der Waals surface area contributed by atoms with Crippen molar-refractivity contribution >= 4 is 69.2 Å². The van der Waals surface area contributed by atoms with Gasteiger partial charge in [-0.1, -0.05) is 50.2 Å². The fourth-order valence-electron chi connectivity index (χ4n) is 9.56. The van der Waals surface area contributed by atoms with Crippen LogP contribution in [0.3, 0.4) is 0 Å². The van der Waals surface area contributed by atoms with E-state index in [-0.39, 0.29) is 53.7 Å². The minimum Gasteiger partial charge on any atom is -0.494 e. The van der Waals surface area contributed by atoms with Crippen LogP contribution < -0.4 is 19.3 Å². The van der Waals surface area contributed by atoms with E-state index in [2.05, 4.69) is 9.83 Å². The molecule has 1 aromatic heterocycles. The van der Waals surface area contributed by atoms with Crippen molar-refractivity contribution in [1.29, 1.82) is 0 Å². The number of benzene rings is 4. The lowest BCUT2D eigenvalue weighted by Gasteiger charge is -2.35. The molecule has 8 rings (SSSR count). The van der Waals surface area contributed by atoms with Gasteiger partial charge in [-0.05, 0) is 123 Å². The number of ether oxygens (including phenoxy) is 2.